The van der Waals surface area contributed by atoms with Gasteiger partial charge in [0.1, 0.15) is 0 Å². The third-order valence-electron chi connectivity index (χ3n) is 3.63. The lowest BCUT2D eigenvalue weighted by molar-refractivity contribution is 0.0600. The number of methoxy groups -OCH3 is 1. The molecule has 0 spiro atoms. The highest BCUT2D eigenvalue weighted by Crippen LogP contribution is 2.06. The Balaban J connectivity index is 2.27. The number of nitrogens with zero attached hydrogens (tertiary/aromatic N) is 1. The second-order valence-electron chi connectivity index (χ2n) is 5.42. The topological polar surface area (TPSA) is 62.7 Å². The summed E-state index contributed by atoms with van der Waals surface area (Å²) in [6.45, 7) is 3.96. The number of unbranched alkanes of at least 4 members (excludes halogenated alkanes) is 3. The van der Waals surface area contributed by atoms with E-state index in [2.05, 4.69) is 27.3 Å². The molecule has 5 heteroatoms. The molecule has 1 aromatic carbocycles. The van der Waals surface area contributed by atoms with Gasteiger partial charge in [0.15, 0.2) is 5.96 Å². The highest BCUT2D eigenvalue weighted by molar-refractivity contribution is 5.89. The minimum Gasteiger partial charge on any atom is -0.465 e. The van der Waals surface area contributed by atoms with Crippen molar-refractivity contribution >= 4 is 11.9 Å². The molecule has 1 aromatic rings. The first-order chi connectivity index (χ1) is 11.2. The Morgan fingerprint density at radius 1 is 1.09 bits per heavy atom. The lowest BCUT2D eigenvalue weighted by atomic mass is 10.1. The summed E-state index contributed by atoms with van der Waals surface area (Å²) in [6, 6.07) is 7.49. The Bertz CT molecular complexity index is 484. The van der Waals surface area contributed by atoms with Crippen molar-refractivity contribution in [2.75, 3.05) is 27.2 Å². The van der Waals surface area contributed by atoms with Crippen LogP contribution in [-0.2, 0) is 11.2 Å². The first kappa shape index (κ1) is 19.0. The van der Waals surface area contributed by atoms with E-state index in [1.54, 1.807) is 19.2 Å². The smallest absolute Gasteiger partial charge is 0.337 e. The molecular weight excluding hydrogens is 290 g/mol. The molecule has 23 heavy (non-hydrogen) atoms. The molecule has 0 atom stereocenters. The van der Waals surface area contributed by atoms with Crippen molar-refractivity contribution < 1.29 is 9.53 Å². The van der Waals surface area contributed by atoms with E-state index < -0.39 is 0 Å². The summed E-state index contributed by atoms with van der Waals surface area (Å²) in [5.41, 5.74) is 1.75. The van der Waals surface area contributed by atoms with Crippen LogP contribution in [0, 0.1) is 0 Å². The molecule has 0 aliphatic carbocycles. The molecule has 0 radical (unpaired) electrons. The van der Waals surface area contributed by atoms with E-state index >= 15 is 0 Å². The highest BCUT2D eigenvalue weighted by Gasteiger charge is 2.04. The Morgan fingerprint density at radius 3 is 2.39 bits per heavy atom. The number of carbonyl (C=O) groups excluding carboxylic acids is 1. The van der Waals surface area contributed by atoms with Crippen LogP contribution in [0.25, 0.3) is 0 Å². The molecular formula is C18H29N3O2. The number of ether oxygens (including phenoxy) is 1. The fraction of sp³-hybridized carbons (Fsp3) is 0.556. The van der Waals surface area contributed by atoms with Crippen LogP contribution in [-0.4, -0.2) is 39.2 Å². The molecule has 0 aliphatic rings. The number of rotatable bonds is 9. The number of hydrogen-bond donors (Lipinski definition) is 2. The number of benzene rings is 1. The monoisotopic (exact) mass is 319 g/mol. The Labute approximate surface area is 139 Å². The van der Waals surface area contributed by atoms with Crippen LogP contribution in [0.2, 0.25) is 0 Å². The average Bonchev–Trinajstić information content (AvgIpc) is 2.59. The van der Waals surface area contributed by atoms with Gasteiger partial charge < -0.3 is 15.4 Å². The zero-order valence-electron chi connectivity index (χ0n) is 14.5. The molecule has 0 unspecified atom stereocenters. The zero-order valence-corrected chi connectivity index (χ0v) is 14.5. The van der Waals surface area contributed by atoms with Crippen molar-refractivity contribution in [3.63, 3.8) is 0 Å². The van der Waals surface area contributed by atoms with E-state index in [4.69, 9.17) is 0 Å². The molecule has 0 aromatic heterocycles. The number of esters is 1. The summed E-state index contributed by atoms with van der Waals surface area (Å²) < 4.78 is 4.69. The predicted molar refractivity (Wildman–Crippen MR) is 95.0 cm³/mol. The quantitative estimate of drug-likeness (QED) is 0.318. The maximum absolute atomic E-state index is 11.4. The minimum atomic E-state index is -0.303. The Kier molecular flexibility index (Phi) is 9.52. The van der Waals surface area contributed by atoms with Gasteiger partial charge in [0.2, 0.25) is 0 Å². The predicted octanol–water partition coefficient (Wildman–Crippen LogP) is 2.76. The van der Waals surface area contributed by atoms with E-state index in [1.165, 1.54) is 38.4 Å². The lowest BCUT2D eigenvalue weighted by Gasteiger charge is -2.12. The molecule has 0 saturated heterocycles. The van der Waals surface area contributed by atoms with Crippen molar-refractivity contribution in [1.29, 1.82) is 0 Å². The van der Waals surface area contributed by atoms with Crippen LogP contribution in [0.5, 0.6) is 0 Å². The number of carbonyl (C=O) groups is 1. The van der Waals surface area contributed by atoms with E-state index in [-0.39, 0.29) is 5.97 Å². The first-order valence-corrected chi connectivity index (χ1v) is 8.33. The molecule has 0 heterocycles. The summed E-state index contributed by atoms with van der Waals surface area (Å²) >= 11 is 0. The number of guanidine groups is 1. The number of nitrogens with one attached hydrogen (secondary N) is 2. The SMILES string of the molecule is CCCCCCNC(=NC)NCCc1ccc(C(=O)OC)cc1. The van der Waals surface area contributed by atoms with Gasteiger partial charge in [-0.15, -0.1) is 0 Å². The van der Waals surface area contributed by atoms with Gasteiger partial charge in [0, 0.05) is 20.1 Å². The van der Waals surface area contributed by atoms with Crippen molar-refractivity contribution in [2.24, 2.45) is 4.99 Å². The van der Waals surface area contributed by atoms with Gasteiger partial charge in [-0.1, -0.05) is 38.3 Å². The van der Waals surface area contributed by atoms with Gasteiger partial charge in [0.05, 0.1) is 12.7 Å². The van der Waals surface area contributed by atoms with Crippen LogP contribution in [0.3, 0.4) is 0 Å². The molecule has 0 bridgehead atoms. The third-order valence-corrected chi connectivity index (χ3v) is 3.63. The molecule has 5 nitrogen and oxygen atoms in total. The summed E-state index contributed by atoms with van der Waals surface area (Å²) in [6.07, 6.45) is 5.84. The Morgan fingerprint density at radius 2 is 1.78 bits per heavy atom. The first-order valence-electron chi connectivity index (χ1n) is 8.33. The number of aliphatic imine (C=N–C) groups is 1. The van der Waals surface area contributed by atoms with E-state index in [1.807, 2.05) is 12.1 Å². The van der Waals surface area contributed by atoms with Gasteiger partial charge in [0.25, 0.3) is 0 Å². The second kappa shape index (κ2) is 11.5. The van der Waals surface area contributed by atoms with Crippen LogP contribution in [0.15, 0.2) is 29.3 Å². The second-order valence-corrected chi connectivity index (χ2v) is 5.42. The summed E-state index contributed by atoms with van der Waals surface area (Å²) in [7, 11) is 3.17. The molecule has 0 fully saturated rings. The standard InChI is InChI=1S/C18H29N3O2/c1-4-5-6-7-13-20-18(19-2)21-14-12-15-8-10-16(11-9-15)17(22)23-3/h8-11H,4-7,12-14H2,1-3H3,(H2,19,20,21). The van der Waals surface area contributed by atoms with Crippen molar-refractivity contribution in [3.8, 4) is 0 Å². The largest absolute Gasteiger partial charge is 0.465 e. The van der Waals surface area contributed by atoms with Gasteiger partial charge in [-0.05, 0) is 30.5 Å². The van der Waals surface area contributed by atoms with Crippen LogP contribution < -0.4 is 10.6 Å². The Hall–Kier alpha value is -2.04. The maximum atomic E-state index is 11.4. The molecule has 0 amide bonds. The molecule has 1 rings (SSSR count). The summed E-state index contributed by atoms with van der Waals surface area (Å²) in [5.74, 6) is 0.537. The van der Waals surface area contributed by atoms with E-state index in [0.717, 1.165) is 25.5 Å². The average molecular weight is 319 g/mol. The molecule has 2 N–H and O–H groups in total. The normalized spacial score (nSPS) is 11.2. The van der Waals surface area contributed by atoms with E-state index in [9.17, 15) is 4.79 Å². The molecule has 0 aliphatic heterocycles. The molecule has 0 saturated carbocycles. The fourth-order valence-electron chi connectivity index (χ4n) is 2.23. The van der Waals surface area contributed by atoms with Gasteiger partial charge in [-0.2, -0.15) is 0 Å². The number of hydrogen-bond acceptors (Lipinski definition) is 3. The van der Waals surface area contributed by atoms with Crippen LogP contribution in [0.4, 0.5) is 0 Å². The lowest BCUT2D eigenvalue weighted by Crippen LogP contribution is -2.38. The van der Waals surface area contributed by atoms with Crippen molar-refractivity contribution in [3.05, 3.63) is 35.4 Å². The van der Waals surface area contributed by atoms with Gasteiger partial charge >= 0.3 is 5.97 Å². The van der Waals surface area contributed by atoms with Crippen molar-refractivity contribution in [2.45, 2.75) is 39.0 Å². The summed E-state index contributed by atoms with van der Waals surface area (Å²) in [5, 5.41) is 6.63. The third kappa shape index (κ3) is 7.68. The summed E-state index contributed by atoms with van der Waals surface area (Å²) in [4.78, 5) is 15.6. The van der Waals surface area contributed by atoms with Crippen LogP contribution >= 0.6 is 0 Å². The van der Waals surface area contributed by atoms with Crippen molar-refractivity contribution in [1.82, 2.24) is 10.6 Å². The fourth-order valence-corrected chi connectivity index (χ4v) is 2.23. The zero-order chi connectivity index (χ0) is 16.9. The van der Waals surface area contributed by atoms with Gasteiger partial charge in [-0.25, -0.2) is 4.79 Å². The van der Waals surface area contributed by atoms with Crippen LogP contribution in [0.1, 0.15) is 48.5 Å². The van der Waals surface area contributed by atoms with E-state index in [0.29, 0.717) is 5.56 Å². The van der Waals surface area contributed by atoms with Gasteiger partial charge in [-0.3, -0.25) is 4.99 Å². The minimum absolute atomic E-state index is 0.303. The maximum Gasteiger partial charge on any atom is 0.337 e. The highest BCUT2D eigenvalue weighted by atomic mass is 16.5. The molecule has 128 valence electrons.